The van der Waals surface area contributed by atoms with Crippen LogP contribution in [0.25, 0.3) is 71.7 Å². The van der Waals surface area contributed by atoms with Crippen molar-refractivity contribution >= 4 is 43.7 Å². The first kappa shape index (κ1) is 29.8. The molecule has 2 aliphatic carbocycles. The number of fused-ring (bicyclic) bond motifs is 6. The molecule has 0 aliphatic heterocycles. The summed E-state index contributed by atoms with van der Waals surface area (Å²) in [6.45, 7) is 0. The molecule has 0 atom stereocenters. The molecule has 0 amide bonds. The zero-order valence-corrected chi connectivity index (χ0v) is 28.7. The third-order valence-corrected chi connectivity index (χ3v) is 12.0. The van der Waals surface area contributed by atoms with Crippen molar-refractivity contribution in [2.24, 2.45) is 0 Å². The van der Waals surface area contributed by atoms with E-state index in [1.807, 2.05) is 6.07 Å². The highest BCUT2D eigenvalue weighted by atomic mass is 16.3. The summed E-state index contributed by atoms with van der Waals surface area (Å²) in [5, 5.41) is 5.14. The lowest BCUT2D eigenvalue weighted by Gasteiger charge is -2.22. The summed E-state index contributed by atoms with van der Waals surface area (Å²) in [6, 6.07) is 47.8. The summed E-state index contributed by atoms with van der Waals surface area (Å²) in [7, 11) is 0. The maximum absolute atomic E-state index is 6.14. The molecule has 10 rings (SSSR count). The highest BCUT2D eigenvalue weighted by Crippen LogP contribution is 2.42. The number of furan rings is 1. The van der Waals surface area contributed by atoms with Crippen molar-refractivity contribution in [3.05, 3.63) is 139 Å². The van der Waals surface area contributed by atoms with Gasteiger partial charge in [-0.25, -0.2) is 0 Å². The Hall–Kier alpha value is -5.08. The molecular formula is C48H43NO. The summed E-state index contributed by atoms with van der Waals surface area (Å²) in [5.74, 6) is 1.37. The van der Waals surface area contributed by atoms with Crippen LogP contribution in [0.3, 0.4) is 0 Å². The predicted octanol–water partition coefficient (Wildman–Crippen LogP) is 14.1. The van der Waals surface area contributed by atoms with Gasteiger partial charge in [0.25, 0.3) is 0 Å². The van der Waals surface area contributed by atoms with E-state index in [0.29, 0.717) is 11.8 Å². The van der Waals surface area contributed by atoms with Crippen molar-refractivity contribution in [2.45, 2.75) is 76.0 Å². The molecule has 0 spiro atoms. The Balaban J connectivity index is 1.13. The van der Waals surface area contributed by atoms with E-state index in [0.717, 1.165) is 21.9 Å². The zero-order chi connectivity index (χ0) is 33.0. The van der Waals surface area contributed by atoms with E-state index in [2.05, 4.69) is 126 Å². The Labute approximate surface area is 294 Å². The summed E-state index contributed by atoms with van der Waals surface area (Å²) in [4.78, 5) is 0. The fraction of sp³-hybridized carbons (Fsp3) is 0.250. The predicted molar refractivity (Wildman–Crippen MR) is 211 cm³/mol. The van der Waals surface area contributed by atoms with Crippen molar-refractivity contribution in [3.63, 3.8) is 0 Å². The standard InChI is InChI=1S/C48H43NO/c1-3-12-32(13-4-1)35-22-25-45-41(29-35)42-30-36(33-14-5-2-6-15-33)23-26-46(42)49(45)44-20-9-7-18-39(44)38-17-11-16-34(28-38)37-24-27-48-43(31-37)40-19-8-10-21-47(40)50-48/h7-11,16-33H,1-6,12-15H2. The minimum Gasteiger partial charge on any atom is -0.456 e. The summed E-state index contributed by atoms with van der Waals surface area (Å²) in [5.41, 5.74) is 13.7. The summed E-state index contributed by atoms with van der Waals surface area (Å²) in [6.07, 6.45) is 13.5. The lowest BCUT2D eigenvalue weighted by molar-refractivity contribution is 0.444. The lowest BCUT2D eigenvalue weighted by Crippen LogP contribution is -2.04. The largest absolute Gasteiger partial charge is 0.456 e. The second-order valence-electron chi connectivity index (χ2n) is 15.0. The highest BCUT2D eigenvalue weighted by Gasteiger charge is 2.22. The molecule has 2 aliphatic rings. The van der Waals surface area contributed by atoms with Gasteiger partial charge in [-0.05, 0) is 120 Å². The van der Waals surface area contributed by atoms with Gasteiger partial charge >= 0.3 is 0 Å². The van der Waals surface area contributed by atoms with E-state index in [4.69, 9.17) is 4.42 Å². The van der Waals surface area contributed by atoms with Crippen LogP contribution in [-0.2, 0) is 0 Å². The van der Waals surface area contributed by atoms with Gasteiger partial charge in [0, 0.05) is 27.1 Å². The molecule has 2 nitrogen and oxygen atoms in total. The molecule has 0 unspecified atom stereocenters. The van der Waals surface area contributed by atoms with E-state index in [9.17, 15) is 0 Å². The number of hydrogen-bond donors (Lipinski definition) is 0. The highest BCUT2D eigenvalue weighted by molar-refractivity contribution is 6.10. The van der Waals surface area contributed by atoms with E-state index in [-0.39, 0.29) is 0 Å². The number of aromatic nitrogens is 1. The number of benzene rings is 6. The van der Waals surface area contributed by atoms with Crippen molar-refractivity contribution in [1.82, 2.24) is 4.57 Å². The first-order chi connectivity index (χ1) is 24.8. The third kappa shape index (κ3) is 5.07. The fourth-order valence-electron chi connectivity index (χ4n) is 9.38. The molecule has 246 valence electrons. The van der Waals surface area contributed by atoms with Gasteiger partial charge in [-0.15, -0.1) is 0 Å². The number of hydrogen-bond acceptors (Lipinski definition) is 1. The Morgan fingerprint density at radius 3 is 1.74 bits per heavy atom. The van der Waals surface area contributed by atoms with Crippen LogP contribution < -0.4 is 0 Å². The maximum Gasteiger partial charge on any atom is 0.135 e. The van der Waals surface area contributed by atoms with Gasteiger partial charge in [-0.2, -0.15) is 0 Å². The molecule has 2 heterocycles. The molecule has 0 bridgehead atoms. The van der Waals surface area contributed by atoms with E-state index >= 15 is 0 Å². The normalized spacial score (nSPS) is 16.2. The Bertz CT molecular complexity index is 2440. The van der Waals surface area contributed by atoms with Crippen LogP contribution >= 0.6 is 0 Å². The Morgan fingerprint density at radius 1 is 0.420 bits per heavy atom. The maximum atomic E-state index is 6.14. The molecule has 2 fully saturated rings. The zero-order valence-electron chi connectivity index (χ0n) is 28.7. The van der Waals surface area contributed by atoms with Crippen LogP contribution in [0.5, 0.6) is 0 Å². The van der Waals surface area contributed by atoms with Crippen molar-refractivity contribution < 1.29 is 4.42 Å². The Morgan fingerprint density at radius 2 is 1.02 bits per heavy atom. The molecule has 8 aromatic rings. The minimum absolute atomic E-state index is 0.683. The quantitative estimate of drug-likeness (QED) is 0.181. The summed E-state index contributed by atoms with van der Waals surface area (Å²) >= 11 is 0. The van der Waals surface area contributed by atoms with E-state index < -0.39 is 0 Å². The average molecular weight is 650 g/mol. The molecule has 0 saturated heterocycles. The van der Waals surface area contributed by atoms with Crippen LogP contribution in [-0.4, -0.2) is 4.57 Å². The third-order valence-electron chi connectivity index (χ3n) is 12.0. The van der Waals surface area contributed by atoms with E-state index in [1.165, 1.54) is 125 Å². The molecule has 6 aromatic carbocycles. The van der Waals surface area contributed by atoms with Gasteiger partial charge in [0.15, 0.2) is 0 Å². The van der Waals surface area contributed by atoms with Gasteiger partial charge in [-0.1, -0.05) is 111 Å². The van der Waals surface area contributed by atoms with Crippen LogP contribution in [0, 0.1) is 0 Å². The molecule has 2 aromatic heterocycles. The topological polar surface area (TPSA) is 18.1 Å². The molecule has 50 heavy (non-hydrogen) atoms. The first-order valence-corrected chi connectivity index (χ1v) is 19.0. The second kappa shape index (κ2) is 12.4. The van der Waals surface area contributed by atoms with Gasteiger partial charge in [0.1, 0.15) is 11.2 Å². The molecule has 2 saturated carbocycles. The SMILES string of the molecule is c1cc(-c2ccc3oc4ccccc4c3c2)cc(-c2ccccc2-n2c3ccc(C4CCCCC4)cc3c3cc(C4CCCCC4)ccc32)c1. The van der Waals surface area contributed by atoms with Crippen LogP contribution in [0.1, 0.15) is 87.2 Å². The lowest BCUT2D eigenvalue weighted by atomic mass is 9.83. The van der Waals surface area contributed by atoms with Gasteiger partial charge in [-0.3, -0.25) is 0 Å². The molecule has 0 N–H and O–H groups in total. The number of nitrogens with zero attached hydrogens (tertiary/aromatic N) is 1. The Kier molecular flexibility index (Phi) is 7.36. The second-order valence-corrected chi connectivity index (χ2v) is 15.0. The minimum atomic E-state index is 0.683. The number of rotatable bonds is 5. The van der Waals surface area contributed by atoms with Crippen LogP contribution in [0.4, 0.5) is 0 Å². The van der Waals surface area contributed by atoms with E-state index in [1.54, 1.807) is 0 Å². The smallest absolute Gasteiger partial charge is 0.135 e. The monoisotopic (exact) mass is 649 g/mol. The first-order valence-electron chi connectivity index (χ1n) is 19.0. The average Bonchev–Trinajstić information content (AvgIpc) is 3.73. The molecular weight excluding hydrogens is 607 g/mol. The number of para-hydroxylation sites is 2. The summed E-state index contributed by atoms with van der Waals surface area (Å²) < 4.78 is 8.69. The van der Waals surface area contributed by atoms with Crippen molar-refractivity contribution in [3.8, 4) is 27.9 Å². The van der Waals surface area contributed by atoms with Gasteiger partial charge < -0.3 is 8.98 Å². The fourth-order valence-corrected chi connectivity index (χ4v) is 9.38. The van der Waals surface area contributed by atoms with Crippen LogP contribution in [0.2, 0.25) is 0 Å². The molecule has 0 radical (unpaired) electrons. The van der Waals surface area contributed by atoms with Gasteiger partial charge in [0.2, 0.25) is 0 Å². The molecule has 2 heteroatoms. The van der Waals surface area contributed by atoms with Crippen molar-refractivity contribution in [1.29, 1.82) is 0 Å². The van der Waals surface area contributed by atoms with Crippen LogP contribution in [0.15, 0.2) is 132 Å². The van der Waals surface area contributed by atoms with Gasteiger partial charge in [0.05, 0.1) is 16.7 Å². The van der Waals surface area contributed by atoms with Crippen molar-refractivity contribution in [2.75, 3.05) is 0 Å².